The molecule has 0 bridgehead atoms. The van der Waals surface area contributed by atoms with Crippen LogP contribution in [-0.4, -0.2) is 40.1 Å². The lowest BCUT2D eigenvalue weighted by Gasteiger charge is -2.14. The summed E-state index contributed by atoms with van der Waals surface area (Å²) in [6.45, 7) is 4.70. The molecule has 4 aromatic carbocycles. The largest absolute Gasteiger partial charge is 0.493 e. The van der Waals surface area contributed by atoms with E-state index in [0.717, 1.165) is 80.5 Å². The van der Waals surface area contributed by atoms with Crippen molar-refractivity contribution in [3.8, 4) is 22.6 Å². The van der Waals surface area contributed by atoms with Crippen molar-refractivity contribution in [1.29, 1.82) is 0 Å². The van der Waals surface area contributed by atoms with Crippen LogP contribution in [0.1, 0.15) is 53.6 Å². The van der Waals surface area contributed by atoms with E-state index < -0.39 is 0 Å². The molecule has 0 saturated heterocycles. The van der Waals surface area contributed by atoms with Crippen molar-refractivity contribution in [1.82, 2.24) is 14.3 Å². The highest BCUT2D eigenvalue weighted by molar-refractivity contribution is 6.05. The average molecular weight is 644 g/mol. The van der Waals surface area contributed by atoms with E-state index >= 15 is 0 Å². The minimum Gasteiger partial charge on any atom is -0.493 e. The van der Waals surface area contributed by atoms with Crippen molar-refractivity contribution in [2.45, 2.75) is 52.4 Å². The summed E-state index contributed by atoms with van der Waals surface area (Å²) < 4.78 is 28.5. The first-order chi connectivity index (χ1) is 23.6. The molecule has 0 aliphatic carbocycles. The monoisotopic (exact) mass is 643 g/mol. The SMILES string of the molecule is CCOC(=O)c1c(CCCOc2cccc3ccccc23)c2cccc3c2n1CCCCOCc1c-3c(COc2ccccc2)nn1C. The third-order valence-electron chi connectivity index (χ3n) is 9.02. The minimum absolute atomic E-state index is 0.296. The minimum atomic E-state index is -0.296. The maximum atomic E-state index is 13.8. The molecular formula is C40H41N3O5. The van der Waals surface area contributed by atoms with Gasteiger partial charge in [-0.05, 0) is 61.8 Å². The Labute approximate surface area is 280 Å². The molecule has 1 aliphatic rings. The topological polar surface area (TPSA) is 76.7 Å². The van der Waals surface area contributed by atoms with Gasteiger partial charge in [-0.1, -0.05) is 72.8 Å². The smallest absolute Gasteiger partial charge is 0.355 e. The Bertz CT molecular complexity index is 2040. The average Bonchev–Trinajstić information content (AvgIpc) is 3.59. The molecule has 0 N–H and O–H groups in total. The summed E-state index contributed by atoms with van der Waals surface area (Å²) in [6, 6.07) is 30.5. The molecule has 3 heterocycles. The number of carbonyl (C=O) groups excluding carboxylic acids is 1. The number of carbonyl (C=O) groups is 1. The standard InChI is InChI=1S/C40H41N3O5/c1-3-46-40(44)39-32(21-13-25-47-36-22-11-15-28-14-7-8-18-30(28)36)31-19-12-20-33-37-34(26-48-29-16-5-4-6-17-29)41-42(2)35(37)27-45-24-10-9-23-43(39)38(31)33/h4-8,11-12,14-20,22H,3,9-10,13,21,23-27H2,1-2H3. The van der Waals surface area contributed by atoms with Crippen LogP contribution in [0, 0.1) is 0 Å². The second-order valence-corrected chi connectivity index (χ2v) is 12.1. The summed E-state index contributed by atoms with van der Waals surface area (Å²) in [7, 11) is 1.96. The molecule has 0 unspecified atom stereocenters. The summed E-state index contributed by atoms with van der Waals surface area (Å²) in [5, 5.41) is 8.23. The van der Waals surface area contributed by atoms with Crippen LogP contribution in [0.4, 0.5) is 0 Å². The van der Waals surface area contributed by atoms with Gasteiger partial charge >= 0.3 is 5.97 Å². The van der Waals surface area contributed by atoms with Crippen LogP contribution >= 0.6 is 0 Å². The van der Waals surface area contributed by atoms with E-state index in [4.69, 9.17) is 24.0 Å². The second-order valence-electron chi connectivity index (χ2n) is 12.1. The van der Waals surface area contributed by atoms with Gasteiger partial charge in [-0.2, -0.15) is 5.10 Å². The first-order valence-electron chi connectivity index (χ1n) is 16.9. The van der Waals surface area contributed by atoms with Gasteiger partial charge in [0.15, 0.2) is 0 Å². The number of rotatable bonds is 10. The fraction of sp³-hybridized carbons (Fsp3) is 0.300. The number of aromatic nitrogens is 3. The van der Waals surface area contributed by atoms with Gasteiger partial charge in [0.1, 0.15) is 29.5 Å². The third-order valence-corrected chi connectivity index (χ3v) is 9.02. The molecule has 8 nitrogen and oxygen atoms in total. The Morgan fingerprint density at radius 3 is 2.56 bits per heavy atom. The summed E-state index contributed by atoms with van der Waals surface area (Å²) in [6.07, 6.45) is 3.14. The summed E-state index contributed by atoms with van der Waals surface area (Å²) in [4.78, 5) is 13.8. The van der Waals surface area contributed by atoms with E-state index in [1.165, 1.54) is 0 Å². The fourth-order valence-corrected chi connectivity index (χ4v) is 6.85. The zero-order chi connectivity index (χ0) is 32.9. The summed E-state index contributed by atoms with van der Waals surface area (Å²) in [5.41, 5.74) is 6.43. The van der Waals surface area contributed by atoms with Crippen molar-refractivity contribution in [3.63, 3.8) is 0 Å². The first-order valence-corrected chi connectivity index (χ1v) is 16.9. The highest BCUT2D eigenvalue weighted by Gasteiger charge is 2.28. The Morgan fingerprint density at radius 2 is 1.69 bits per heavy atom. The molecule has 0 fully saturated rings. The lowest BCUT2D eigenvalue weighted by atomic mass is 9.98. The molecule has 8 heteroatoms. The zero-order valence-electron chi connectivity index (χ0n) is 27.6. The number of ether oxygens (including phenoxy) is 4. The molecule has 1 aliphatic heterocycles. The lowest BCUT2D eigenvalue weighted by Crippen LogP contribution is -2.15. The van der Waals surface area contributed by atoms with E-state index in [0.29, 0.717) is 51.7 Å². The van der Waals surface area contributed by atoms with Crippen molar-refractivity contribution in [2.75, 3.05) is 19.8 Å². The Morgan fingerprint density at radius 1 is 0.896 bits per heavy atom. The lowest BCUT2D eigenvalue weighted by molar-refractivity contribution is 0.0512. The normalized spacial score (nSPS) is 13.2. The number of fused-ring (bicyclic) bond motifs is 3. The van der Waals surface area contributed by atoms with Gasteiger partial charge in [0.25, 0.3) is 0 Å². The molecule has 246 valence electrons. The summed E-state index contributed by atoms with van der Waals surface area (Å²) in [5.74, 6) is 1.35. The van der Waals surface area contributed by atoms with Crippen LogP contribution in [0.25, 0.3) is 32.8 Å². The Balaban J connectivity index is 1.30. The predicted molar refractivity (Wildman–Crippen MR) is 188 cm³/mol. The van der Waals surface area contributed by atoms with Crippen LogP contribution in [0.5, 0.6) is 11.5 Å². The molecule has 0 amide bonds. The number of esters is 1. The van der Waals surface area contributed by atoms with E-state index in [-0.39, 0.29) is 5.97 Å². The molecular weight excluding hydrogens is 602 g/mol. The van der Waals surface area contributed by atoms with Crippen LogP contribution in [-0.2, 0) is 42.7 Å². The molecule has 0 radical (unpaired) electrons. The van der Waals surface area contributed by atoms with Crippen molar-refractivity contribution in [2.24, 2.45) is 7.05 Å². The van der Waals surface area contributed by atoms with Gasteiger partial charge in [-0.15, -0.1) is 0 Å². The maximum absolute atomic E-state index is 13.8. The zero-order valence-corrected chi connectivity index (χ0v) is 27.6. The molecule has 0 saturated carbocycles. The van der Waals surface area contributed by atoms with Crippen LogP contribution in [0.15, 0.2) is 91.0 Å². The van der Waals surface area contributed by atoms with Gasteiger partial charge < -0.3 is 23.5 Å². The van der Waals surface area contributed by atoms with Gasteiger partial charge in [0.2, 0.25) is 0 Å². The molecule has 2 aromatic heterocycles. The summed E-state index contributed by atoms with van der Waals surface area (Å²) >= 11 is 0. The maximum Gasteiger partial charge on any atom is 0.355 e. The molecule has 7 rings (SSSR count). The number of hydrogen-bond acceptors (Lipinski definition) is 6. The third kappa shape index (κ3) is 6.28. The molecule has 0 spiro atoms. The number of nitrogens with zero attached hydrogens (tertiary/aromatic N) is 3. The van der Waals surface area contributed by atoms with Crippen LogP contribution < -0.4 is 9.47 Å². The quantitative estimate of drug-likeness (QED) is 0.111. The van der Waals surface area contributed by atoms with Gasteiger partial charge in [-0.3, -0.25) is 4.68 Å². The number of hydrogen-bond donors (Lipinski definition) is 0. The van der Waals surface area contributed by atoms with E-state index in [9.17, 15) is 4.79 Å². The van der Waals surface area contributed by atoms with Crippen molar-refractivity contribution >= 4 is 27.6 Å². The Hall–Kier alpha value is -5.08. The number of aryl methyl sites for hydroxylation is 3. The van der Waals surface area contributed by atoms with Crippen molar-refractivity contribution in [3.05, 3.63) is 114 Å². The van der Waals surface area contributed by atoms with Gasteiger partial charge in [0, 0.05) is 42.1 Å². The molecule has 48 heavy (non-hydrogen) atoms. The highest BCUT2D eigenvalue weighted by atomic mass is 16.5. The molecule has 0 atom stereocenters. The second kappa shape index (κ2) is 14.4. The Kier molecular flexibility index (Phi) is 9.43. The number of benzene rings is 4. The van der Waals surface area contributed by atoms with E-state index in [2.05, 4.69) is 41.0 Å². The fourth-order valence-electron chi connectivity index (χ4n) is 6.85. The van der Waals surface area contributed by atoms with Crippen LogP contribution in [0.2, 0.25) is 0 Å². The van der Waals surface area contributed by atoms with Crippen LogP contribution in [0.3, 0.4) is 0 Å². The first kappa shape index (κ1) is 31.5. The molecule has 6 aromatic rings. The van der Waals surface area contributed by atoms with Crippen molar-refractivity contribution < 1.29 is 23.7 Å². The highest BCUT2D eigenvalue weighted by Crippen LogP contribution is 2.39. The van der Waals surface area contributed by atoms with E-state index in [1.807, 2.05) is 73.3 Å². The number of para-hydroxylation sites is 2. The predicted octanol–water partition coefficient (Wildman–Crippen LogP) is 8.27. The van der Waals surface area contributed by atoms with Gasteiger partial charge in [-0.25, -0.2) is 4.79 Å². The van der Waals surface area contributed by atoms with E-state index in [1.54, 1.807) is 0 Å². The van der Waals surface area contributed by atoms with Gasteiger partial charge in [0.05, 0.1) is 31.0 Å².